The lowest BCUT2D eigenvalue weighted by Crippen LogP contribution is -2.30. The Morgan fingerprint density at radius 1 is 1.13 bits per heavy atom. The summed E-state index contributed by atoms with van der Waals surface area (Å²) in [5.74, 6) is 0.630. The van der Waals surface area contributed by atoms with Crippen molar-refractivity contribution in [1.82, 2.24) is 5.32 Å². The van der Waals surface area contributed by atoms with Crippen molar-refractivity contribution in [2.75, 3.05) is 6.61 Å². The number of halogens is 2. The fraction of sp³-hybridized carbons (Fsp3) is 0.167. The average molecular weight is 348 g/mol. The van der Waals surface area contributed by atoms with Crippen molar-refractivity contribution in [3.05, 3.63) is 69.7 Å². The van der Waals surface area contributed by atoms with E-state index in [9.17, 15) is 4.79 Å². The molecular weight excluding hydrogens is 333 g/mol. The molecule has 118 valence electrons. The van der Waals surface area contributed by atoms with Gasteiger partial charge in [0.05, 0.1) is 12.6 Å². The lowest BCUT2D eigenvalue weighted by atomic mass is 10.0. The second kappa shape index (κ2) is 7.07. The lowest BCUT2D eigenvalue weighted by Gasteiger charge is -2.26. The molecule has 0 radical (unpaired) electrons. The number of nitrogens with one attached hydrogen (secondary N) is 1. The van der Waals surface area contributed by atoms with E-state index in [0.717, 1.165) is 17.7 Å². The van der Waals surface area contributed by atoms with Crippen molar-refractivity contribution in [2.24, 2.45) is 0 Å². The van der Waals surface area contributed by atoms with Crippen LogP contribution >= 0.6 is 23.2 Å². The SMILES string of the molecule is O=C(/C=C/c1c(Cl)cccc1Cl)N[C@H]1CCOc2ccccc21. The van der Waals surface area contributed by atoms with E-state index in [1.165, 1.54) is 6.08 Å². The number of ether oxygens (including phenoxy) is 1. The Morgan fingerprint density at radius 2 is 1.87 bits per heavy atom. The van der Waals surface area contributed by atoms with Crippen LogP contribution in [0.25, 0.3) is 6.08 Å². The molecule has 0 aromatic heterocycles. The van der Waals surface area contributed by atoms with E-state index in [2.05, 4.69) is 5.32 Å². The second-order valence-electron chi connectivity index (χ2n) is 5.20. The number of carbonyl (C=O) groups is 1. The summed E-state index contributed by atoms with van der Waals surface area (Å²) in [4.78, 5) is 12.2. The molecule has 1 aliphatic heterocycles. The summed E-state index contributed by atoms with van der Waals surface area (Å²) in [6.45, 7) is 0.585. The van der Waals surface area contributed by atoms with Crippen LogP contribution in [0.5, 0.6) is 5.75 Å². The molecule has 0 saturated carbocycles. The van der Waals surface area contributed by atoms with E-state index in [4.69, 9.17) is 27.9 Å². The van der Waals surface area contributed by atoms with Crippen molar-refractivity contribution in [2.45, 2.75) is 12.5 Å². The van der Waals surface area contributed by atoms with Crippen LogP contribution in [0.4, 0.5) is 0 Å². The topological polar surface area (TPSA) is 38.3 Å². The molecule has 3 nitrogen and oxygen atoms in total. The Balaban J connectivity index is 1.72. The summed E-state index contributed by atoms with van der Waals surface area (Å²) in [6, 6.07) is 12.9. The minimum Gasteiger partial charge on any atom is -0.493 e. The van der Waals surface area contributed by atoms with E-state index in [1.54, 1.807) is 24.3 Å². The number of benzene rings is 2. The third kappa shape index (κ3) is 3.69. The van der Waals surface area contributed by atoms with E-state index in [0.29, 0.717) is 22.2 Å². The van der Waals surface area contributed by atoms with Gasteiger partial charge in [0.1, 0.15) is 5.75 Å². The third-order valence-corrected chi connectivity index (χ3v) is 4.34. The van der Waals surface area contributed by atoms with Gasteiger partial charge < -0.3 is 10.1 Å². The number of rotatable bonds is 3. The molecule has 1 aliphatic rings. The van der Waals surface area contributed by atoms with Gasteiger partial charge in [-0.1, -0.05) is 47.5 Å². The molecule has 0 aliphatic carbocycles. The molecule has 0 spiro atoms. The highest BCUT2D eigenvalue weighted by Crippen LogP contribution is 2.31. The van der Waals surface area contributed by atoms with Gasteiger partial charge in [0, 0.05) is 33.7 Å². The molecular formula is C18H15Cl2NO2. The largest absolute Gasteiger partial charge is 0.493 e. The standard InChI is InChI=1S/C18H15Cl2NO2/c19-14-5-3-6-15(20)12(14)8-9-18(22)21-16-10-11-23-17-7-2-1-4-13(16)17/h1-9,16H,10-11H2,(H,21,22)/b9-8+/t16-/m0/s1. The minimum atomic E-state index is -0.192. The monoisotopic (exact) mass is 347 g/mol. The van der Waals surface area contributed by atoms with Gasteiger partial charge in [-0.2, -0.15) is 0 Å². The van der Waals surface area contributed by atoms with Crippen LogP contribution in [-0.2, 0) is 4.79 Å². The van der Waals surface area contributed by atoms with Gasteiger partial charge in [-0.05, 0) is 24.3 Å². The molecule has 3 rings (SSSR count). The number of amides is 1. The molecule has 0 unspecified atom stereocenters. The smallest absolute Gasteiger partial charge is 0.244 e. The maximum absolute atomic E-state index is 12.2. The highest BCUT2D eigenvalue weighted by Gasteiger charge is 2.21. The molecule has 1 heterocycles. The molecule has 2 aromatic rings. The maximum atomic E-state index is 12.2. The predicted molar refractivity (Wildman–Crippen MR) is 92.9 cm³/mol. The molecule has 1 N–H and O–H groups in total. The molecule has 0 fully saturated rings. The first kappa shape index (κ1) is 15.9. The molecule has 2 aromatic carbocycles. The molecule has 1 atom stereocenters. The predicted octanol–water partition coefficient (Wildman–Crippen LogP) is 4.65. The Hall–Kier alpha value is -1.97. The number of para-hydroxylation sites is 1. The summed E-state index contributed by atoms with van der Waals surface area (Å²) >= 11 is 12.2. The molecule has 23 heavy (non-hydrogen) atoms. The van der Waals surface area contributed by atoms with Crippen molar-refractivity contribution in [3.8, 4) is 5.75 Å². The fourth-order valence-corrected chi connectivity index (χ4v) is 3.06. The Bertz CT molecular complexity index is 738. The fourth-order valence-electron chi connectivity index (χ4n) is 2.54. The van der Waals surface area contributed by atoms with Crippen LogP contribution in [-0.4, -0.2) is 12.5 Å². The van der Waals surface area contributed by atoms with Gasteiger partial charge >= 0.3 is 0 Å². The zero-order valence-electron chi connectivity index (χ0n) is 12.3. The summed E-state index contributed by atoms with van der Waals surface area (Å²) in [5.41, 5.74) is 1.63. The summed E-state index contributed by atoms with van der Waals surface area (Å²) in [6.07, 6.45) is 3.82. The van der Waals surface area contributed by atoms with Crippen LogP contribution in [0.1, 0.15) is 23.6 Å². The normalized spacial score (nSPS) is 16.7. The highest BCUT2D eigenvalue weighted by atomic mass is 35.5. The van der Waals surface area contributed by atoms with E-state index in [-0.39, 0.29) is 11.9 Å². The number of hydrogen-bond acceptors (Lipinski definition) is 2. The number of carbonyl (C=O) groups excluding carboxylic acids is 1. The molecule has 1 amide bonds. The molecule has 5 heteroatoms. The van der Waals surface area contributed by atoms with E-state index in [1.807, 2.05) is 24.3 Å². The van der Waals surface area contributed by atoms with Crippen LogP contribution in [0.2, 0.25) is 10.0 Å². The number of hydrogen-bond donors (Lipinski definition) is 1. The highest BCUT2D eigenvalue weighted by molar-refractivity contribution is 6.37. The summed E-state index contributed by atoms with van der Waals surface area (Å²) in [5, 5.41) is 4.02. The summed E-state index contributed by atoms with van der Waals surface area (Å²) < 4.78 is 5.59. The van der Waals surface area contributed by atoms with Crippen molar-refractivity contribution >= 4 is 35.2 Å². The van der Waals surface area contributed by atoms with E-state index < -0.39 is 0 Å². The van der Waals surface area contributed by atoms with Gasteiger partial charge in [0.25, 0.3) is 0 Å². The zero-order valence-corrected chi connectivity index (χ0v) is 13.8. The minimum absolute atomic E-state index is 0.0567. The second-order valence-corrected chi connectivity index (χ2v) is 6.02. The summed E-state index contributed by atoms with van der Waals surface area (Å²) in [7, 11) is 0. The average Bonchev–Trinajstić information content (AvgIpc) is 2.55. The Labute approximate surface area is 144 Å². The Morgan fingerprint density at radius 3 is 2.65 bits per heavy atom. The van der Waals surface area contributed by atoms with Gasteiger partial charge in [-0.25, -0.2) is 0 Å². The zero-order chi connectivity index (χ0) is 16.2. The van der Waals surface area contributed by atoms with Crippen LogP contribution in [0, 0.1) is 0 Å². The van der Waals surface area contributed by atoms with Crippen LogP contribution in [0.3, 0.4) is 0 Å². The van der Waals surface area contributed by atoms with E-state index >= 15 is 0 Å². The van der Waals surface area contributed by atoms with Crippen molar-refractivity contribution in [1.29, 1.82) is 0 Å². The first-order valence-electron chi connectivity index (χ1n) is 7.29. The first-order valence-corrected chi connectivity index (χ1v) is 8.05. The van der Waals surface area contributed by atoms with Gasteiger partial charge in [0.2, 0.25) is 5.91 Å². The number of fused-ring (bicyclic) bond motifs is 1. The van der Waals surface area contributed by atoms with Crippen molar-refractivity contribution < 1.29 is 9.53 Å². The molecule has 0 saturated heterocycles. The van der Waals surface area contributed by atoms with Crippen LogP contribution < -0.4 is 10.1 Å². The van der Waals surface area contributed by atoms with Crippen molar-refractivity contribution in [3.63, 3.8) is 0 Å². The third-order valence-electron chi connectivity index (χ3n) is 3.68. The van der Waals surface area contributed by atoms with Gasteiger partial charge in [-0.3, -0.25) is 4.79 Å². The quantitative estimate of drug-likeness (QED) is 0.821. The van der Waals surface area contributed by atoms with Gasteiger partial charge in [-0.15, -0.1) is 0 Å². The first-order chi connectivity index (χ1) is 11.1. The molecule has 0 bridgehead atoms. The van der Waals surface area contributed by atoms with Crippen LogP contribution in [0.15, 0.2) is 48.5 Å². The lowest BCUT2D eigenvalue weighted by molar-refractivity contribution is -0.117. The maximum Gasteiger partial charge on any atom is 0.244 e. The Kier molecular flexibility index (Phi) is 4.89. The van der Waals surface area contributed by atoms with Gasteiger partial charge in [0.15, 0.2) is 0 Å².